The third-order valence-electron chi connectivity index (χ3n) is 5.97. The van der Waals surface area contributed by atoms with Crippen molar-refractivity contribution in [2.45, 2.75) is 38.3 Å². The lowest BCUT2D eigenvalue weighted by Gasteiger charge is -2.43. The molecule has 156 valence electrons. The van der Waals surface area contributed by atoms with Gasteiger partial charge >= 0.3 is 6.03 Å². The molecule has 0 aromatic heterocycles. The van der Waals surface area contributed by atoms with Crippen LogP contribution in [-0.4, -0.2) is 77.5 Å². The minimum absolute atomic E-state index is 0.144. The number of rotatable bonds is 3. The van der Waals surface area contributed by atoms with Gasteiger partial charge < -0.3 is 19.3 Å². The summed E-state index contributed by atoms with van der Waals surface area (Å²) in [5.74, 6) is 1.14. The number of carbonyl (C=O) groups excluding carboxylic acids is 3. The summed E-state index contributed by atoms with van der Waals surface area (Å²) in [7, 11) is 1.54. The highest BCUT2D eigenvalue weighted by atomic mass is 16.6. The summed E-state index contributed by atoms with van der Waals surface area (Å²) in [6.45, 7) is 5.56. The number of piperidine rings is 1. The Kier molecular flexibility index (Phi) is 4.88. The molecule has 0 radical (unpaired) electrons. The van der Waals surface area contributed by atoms with E-state index in [0.29, 0.717) is 44.0 Å². The van der Waals surface area contributed by atoms with Crippen LogP contribution in [0.4, 0.5) is 4.79 Å². The Labute approximate surface area is 170 Å². The summed E-state index contributed by atoms with van der Waals surface area (Å²) < 4.78 is 11.5. The number of ether oxygens (including phenoxy) is 2. The van der Waals surface area contributed by atoms with Gasteiger partial charge in [-0.05, 0) is 30.9 Å². The van der Waals surface area contributed by atoms with Crippen molar-refractivity contribution in [3.05, 3.63) is 24.3 Å². The molecule has 3 aliphatic heterocycles. The van der Waals surface area contributed by atoms with Gasteiger partial charge in [0, 0.05) is 26.7 Å². The molecule has 1 unspecified atom stereocenters. The fourth-order valence-electron chi connectivity index (χ4n) is 4.42. The first-order valence-electron chi connectivity index (χ1n) is 10.1. The van der Waals surface area contributed by atoms with Gasteiger partial charge in [-0.1, -0.05) is 26.0 Å². The van der Waals surface area contributed by atoms with E-state index in [1.165, 1.54) is 11.9 Å². The molecule has 2 fully saturated rings. The molecular weight excluding hydrogens is 374 g/mol. The number of carbonyl (C=O) groups is 3. The van der Waals surface area contributed by atoms with E-state index >= 15 is 0 Å². The monoisotopic (exact) mass is 401 g/mol. The van der Waals surface area contributed by atoms with Gasteiger partial charge in [0.05, 0.1) is 0 Å². The van der Waals surface area contributed by atoms with E-state index in [4.69, 9.17) is 9.47 Å². The molecule has 1 aromatic carbocycles. The minimum atomic E-state index is -0.844. The van der Waals surface area contributed by atoms with Crippen molar-refractivity contribution < 1.29 is 23.9 Å². The van der Waals surface area contributed by atoms with Gasteiger partial charge in [0.25, 0.3) is 11.8 Å². The number of benzene rings is 1. The fourth-order valence-corrected chi connectivity index (χ4v) is 4.42. The summed E-state index contributed by atoms with van der Waals surface area (Å²) in [6, 6.07) is 7.03. The second kappa shape index (κ2) is 7.24. The molecule has 1 spiro atoms. The topological polar surface area (TPSA) is 79.4 Å². The van der Waals surface area contributed by atoms with Gasteiger partial charge in [0.2, 0.25) is 6.10 Å². The molecule has 29 heavy (non-hydrogen) atoms. The van der Waals surface area contributed by atoms with Crippen LogP contribution in [0, 0.1) is 5.92 Å². The molecule has 1 atom stereocenters. The van der Waals surface area contributed by atoms with E-state index in [1.54, 1.807) is 15.9 Å². The number of para-hydroxylation sites is 2. The molecule has 3 aliphatic rings. The van der Waals surface area contributed by atoms with E-state index in [9.17, 15) is 14.4 Å². The Hall–Kier alpha value is -2.77. The smallest absolute Gasteiger partial charge is 0.327 e. The molecule has 0 N–H and O–H groups in total. The van der Waals surface area contributed by atoms with Crippen LogP contribution in [0.5, 0.6) is 11.5 Å². The van der Waals surface area contributed by atoms with Crippen LogP contribution in [0.1, 0.15) is 26.7 Å². The van der Waals surface area contributed by atoms with Gasteiger partial charge in [-0.3, -0.25) is 14.5 Å². The lowest BCUT2D eigenvalue weighted by Crippen LogP contribution is -2.59. The molecule has 0 saturated carbocycles. The zero-order chi connectivity index (χ0) is 20.8. The Bertz CT molecular complexity index is 831. The number of likely N-dealkylation sites (N-methyl/N-ethyl adjacent to an activating group) is 1. The standard InChI is InChI=1S/C21H27N3O5/c1-14(2)12-24-20(27)22(3)19(26)21(24)8-10-23(11-9-21)18(25)17-13-28-15-6-4-5-7-16(15)29-17/h4-7,14,17H,8-13H2,1-3H3. The number of fused-ring (bicyclic) bond motifs is 1. The van der Waals surface area contributed by atoms with Gasteiger partial charge in [-0.15, -0.1) is 0 Å². The van der Waals surface area contributed by atoms with Crippen LogP contribution in [0.2, 0.25) is 0 Å². The first-order valence-corrected chi connectivity index (χ1v) is 10.1. The zero-order valence-electron chi connectivity index (χ0n) is 17.1. The SMILES string of the molecule is CC(C)CN1C(=O)N(C)C(=O)C12CCN(C(=O)C1COc3ccccc3O1)CC2. The summed E-state index contributed by atoms with van der Waals surface area (Å²) in [4.78, 5) is 43.2. The number of imide groups is 1. The third-order valence-corrected chi connectivity index (χ3v) is 5.97. The van der Waals surface area contributed by atoms with Crippen LogP contribution in [0.25, 0.3) is 0 Å². The number of hydrogen-bond acceptors (Lipinski definition) is 5. The molecular formula is C21H27N3O5. The Morgan fingerprint density at radius 2 is 1.83 bits per heavy atom. The molecule has 8 nitrogen and oxygen atoms in total. The number of urea groups is 1. The largest absolute Gasteiger partial charge is 0.485 e. The quantitative estimate of drug-likeness (QED) is 0.721. The van der Waals surface area contributed by atoms with E-state index in [0.717, 1.165) is 0 Å². The maximum absolute atomic E-state index is 13.0. The van der Waals surface area contributed by atoms with Gasteiger partial charge in [0.15, 0.2) is 11.5 Å². The Morgan fingerprint density at radius 1 is 1.17 bits per heavy atom. The number of hydrogen-bond donors (Lipinski definition) is 0. The number of likely N-dealkylation sites (tertiary alicyclic amines) is 1. The van der Waals surface area contributed by atoms with Crippen molar-refractivity contribution in [1.82, 2.24) is 14.7 Å². The van der Waals surface area contributed by atoms with Crippen LogP contribution >= 0.6 is 0 Å². The Morgan fingerprint density at radius 3 is 2.48 bits per heavy atom. The number of nitrogens with zero attached hydrogens (tertiary/aromatic N) is 3. The minimum Gasteiger partial charge on any atom is -0.485 e. The van der Waals surface area contributed by atoms with E-state index in [1.807, 2.05) is 32.0 Å². The highest BCUT2D eigenvalue weighted by Gasteiger charge is 2.57. The summed E-state index contributed by atoms with van der Waals surface area (Å²) in [5.41, 5.74) is -0.844. The predicted molar refractivity (Wildman–Crippen MR) is 105 cm³/mol. The molecule has 4 rings (SSSR count). The van der Waals surface area contributed by atoms with E-state index in [-0.39, 0.29) is 30.4 Å². The third kappa shape index (κ3) is 3.20. The van der Waals surface area contributed by atoms with Crippen molar-refractivity contribution >= 4 is 17.8 Å². The van der Waals surface area contributed by atoms with Gasteiger partial charge in [-0.25, -0.2) is 4.79 Å². The summed E-state index contributed by atoms with van der Waals surface area (Å²) in [6.07, 6.45) is 0.170. The van der Waals surface area contributed by atoms with Crippen LogP contribution in [0.3, 0.4) is 0 Å². The lowest BCUT2D eigenvalue weighted by molar-refractivity contribution is -0.146. The van der Waals surface area contributed by atoms with Gasteiger partial charge in [-0.2, -0.15) is 0 Å². The van der Waals surface area contributed by atoms with E-state index < -0.39 is 11.6 Å². The Balaban J connectivity index is 1.45. The maximum Gasteiger partial charge on any atom is 0.327 e. The first-order chi connectivity index (χ1) is 13.8. The van der Waals surface area contributed by atoms with Crippen LogP contribution < -0.4 is 9.47 Å². The summed E-state index contributed by atoms with van der Waals surface area (Å²) >= 11 is 0. The molecule has 2 saturated heterocycles. The molecule has 0 bridgehead atoms. The summed E-state index contributed by atoms with van der Waals surface area (Å²) in [5, 5.41) is 0. The maximum atomic E-state index is 13.0. The normalized spacial score (nSPS) is 23.3. The highest BCUT2D eigenvalue weighted by molar-refractivity contribution is 6.07. The van der Waals surface area contributed by atoms with Crippen molar-refractivity contribution in [3.8, 4) is 11.5 Å². The van der Waals surface area contributed by atoms with Crippen molar-refractivity contribution in [1.29, 1.82) is 0 Å². The van der Waals surface area contributed by atoms with E-state index in [2.05, 4.69) is 0 Å². The second-order valence-corrected chi connectivity index (χ2v) is 8.37. The average molecular weight is 401 g/mol. The van der Waals surface area contributed by atoms with Crippen molar-refractivity contribution in [2.75, 3.05) is 33.3 Å². The average Bonchev–Trinajstić information content (AvgIpc) is 2.89. The first kappa shape index (κ1) is 19.5. The lowest BCUT2D eigenvalue weighted by atomic mass is 9.85. The zero-order valence-corrected chi connectivity index (χ0v) is 17.1. The number of amides is 4. The molecule has 4 amide bonds. The second-order valence-electron chi connectivity index (χ2n) is 8.37. The molecule has 3 heterocycles. The van der Waals surface area contributed by atoms with Crippen LogP contribution in [-0.2, 0) is 9.59 Å². The van der Waals surface area contributed by atoms with Crippen LogP contribution in [0.15, 0.2) is 24.3 Å². The predicted octanol–water partition coefficient (Wildman–Crippen LogP) is 1.74. The fraction of sp³-hybridized carbons (Fsp3) is 0.571. The highest BCUT2D eigenvalue weighted by Crippen LogP contribution is 2.38. The molecule has 1 aromatic rings. The molecule has 0 aliphatic carbocycles. The van der Waals surface area contributed by atoms with Crippen molar-refractivity contribution in [3.63, 3.8) is 0 Å². The molecule has 8 heteroatoms. The van der Waals surface area contributed by atoms with Crippen molar-refractivity contribution in [2.24, 2.45) is 5.92 Å². The van der Waals surface area contributed by atoms with Gasteiger partial charge in [0.1, 0.15) is 12.1 Å².